The third-order valence-electron chi connectivity index (χ3n) is 4.46. The summed E-state index contributed by atoms with van der Waals surface area (Å²) in [5.74, 6) is -1.67. The van der Waals surface area contributed by atoms with Crippen molar-refractivity contribution in [3.8, 4) is 5.75 Å². The maximum atomic E-state index is 13.2. The van der Waals surface area contributed by atoms with Crippen LogP contribution in [0.2, 0.25) is 0 Å². The Morgan fingerprint density at radius 3 is 2.45 bits per heavy atom. The number of thiophene rings is 1. The number of benzene rings is 1. The molecule has 0 bridgehead atoms. The van der Waals surface area contributed by atoms with Gasteiger partial charge in [-0.05, 0) is 23.6 Å². The number of hydrogen-bond acceptors (Lipinski definition) is 6. The van der Waals surface area contributed by atoms with Crippen LogP contribution in [0.3, 0.4) is 0 Å². The molecule has 0 atom stereocenters. The molecule has 4 rings (SSSR count). The number of anilines is 1. The molecule has 0 radical (unpaired) electrons. The molecule has 1 aromatic carbocycles. The second-order valence-corrected chi connectivity index (χ2v) is 7.24. The number of rotatable bonds is 4. The lowest BCUT2D eigenvalue weighted by Gasteiger charge is -2.29. The number of imide groups is 1. The normalized spacial score (nSPS) is 18.0. The number of nitrogens with zero attached hydrogens (tertiary/aromatic N) is 2. The van der Waals surface area contributed by atoms with Crippen molar-refractivity contribution in [1.82, 2.24) is 4.90 Å². The van der Waals surface area contributed by atoms with Crippen LogP contribution in [0.1, 0.15) is 4.88 Å². The highest BCUT2D eigenvalue weighted by molar-refractivity contribution is 7.11. The van der Waals surface area contributed by atoms with Crippen molar-refractivity contribution in [3.63, 3.8) is 0 Å². The van der Waals surface area contributed by atoms with Gasteiger partial charge >= 0.3 is 6.36 Å². The average Bonchev–Trinajstić information content (AvgIpc) is 3.27. The standard InChI is InChI=1S/C19H15F3N2O4S/c20-19(21,22)28-13-4-1-3-12(11-13)24-17(25)15(14-5-2-10-29-14)16(18(24)26)23-6-8-27-9-7-23/h1-5,10-11H,6-9H2. The van der Waals surface area contributed by atoms with E-state index in [4.69, 9.17) is 4.74 Å². The second kappa shape index (κ2) is 7.53. The van der Waals surface area contributed by atoms with E-state index in [1.54, 1.807) is 22.4 Å². The maximum Gasteiger partial charge on any atom is 0.573 e. The Kier molecular flexibility index (Phi) is 5.05. The SMILES string of the molecule is O=C1C(c2cccs2)=C(N2CCOCC2)C(=O)N1c1cccc(OC(F)(F)F)c1. The molecule has 1 fully saturated rings. The van der Waals surface area contributed by atoms with Gasteiger partial charge in [0.15, 0.2) is 0 Å². The Morgan fingerprint density at radius 1 is 1.03 bits per heavy atom. The van der Waals surface area contributed by atoms with Crippen LogP contribution in [-0.2, 0) is 14.3 Å². The predicted molar refractivity (Wildman–Crippen MR) is 99.2 cm³/mol. The van der Waals surface area contributed by atoms with E-state index in [0.717, 1.165) is 17.0 Å². The smallest absolute Gasteiger partial charge is 0.406 e. The molecule has 0 unspecified atom stereocenters. The quantitative estimate of drug-likeness (QED) is 0.706. The Balaban J connectivity index is 1.74. The lowest BCUT2D eigenvalue weighted by atomic mass is 10.1. The topological polar surface area (TPSA) is 59.1 Å². The van der Waals surface area contributed by atoms with Gasteiger partial charge in [-0.2, -0.15) is 0 Å². The molecule has 0 aliphatic carbocycles. The Bertz CT molecular complexity index is 966. The van der Waals surface area contributed by atoms with Crippen molar-refractivity contribution >= 4 is 34.4 Å². The molecule has 0 saturated carbocycles. The molecule has 2 aromatic rings. The molecule has 0 N–H and O–H groups in total. The summed E-state index contributed by atoms with van der Waals surface area (Å²) in [6, 6.07) is 8.33. The van der Waals surface area contributed by atoms with Crippen LogP contribution in [0.25, 0.3) is 5.57 Å². The molecule has 1 saturated heterocycles. The van der Waals surface area contributed by atoms with E-state index in [2.05, 4.69) is 4.74 Å². The minimum Gasteiger partial charge on any atom is -0.406 e. The van der Waals surface area contributed by atoms with Gasteiger partial charge in [-0.3, -0.25) is 9.59 Å². The molecule has 0 spiro atoms. The summed E-state index contributed by atoms with van der Waals surface area (Å²) in [5.41, 5.74) is 0.496. The summed E-state index contributed by atoms with van der Waals surface area (Å²) < 4.78 is 46.9. The Morgan fingerprint density at radius 2 is 1.79 bits per heavy atom. The molecule has 2 amide bonds. The summed E-state index contributed by atoms with van der Waals surface area (Å²) in [4.78, 5) is 29.7. The third kappa shape index (κ3) is 3.85. The molecular weight excluding hydrogens is 409 g/mol. The van der Waals surface area contributed by atoms with Gasteiger partial charge in [-0.25, -0.2) is 4.90 Å². The molecule has 29 heavy (non-hydrogen) atoms. The van der Waals surface area contributed by atoms with Gasteiger partial charge < -0.3 is 14.4 Å². The first-order valence-corrected chi connectivity index (χ1v) is 9.58. The predicted octanol–water partition coefficient (Wildman–Crippen LogP) is 3.26. The van der Waals surface area contributed by atoms with E-state index in [-0.39, 0.29) is 17.0 Å². The number of ether oxygens (including phenoxy) is 2. The van der Waals surface area contributed by atoms with Crippen LogP contribution in [0.5, 0.6) is 5.75 Å². The first kappa shape index (κ1) is 19.5. The zero-order valence-electron chi connectivity index (χ0n) is 14.9. The summed E-state index contributed by atoms with van der Waals surface area (Å²) in [7, 11) is 0. The largest absolute Gasteiger partial charge is 0.573 e. The van der Waals surface area contributed by atoms with Crippen LogP contribution < -0.4 is 9.64 Å². The molecule has 3 heterocycles. The molecule has 10 heteroatoms. The van der Waals surface area contributed by atoms with Gasteiger partial charge in [0, 0.05) is 24.0 Å². The minimum atomic E-state index is -4.88. The Labute approximate surface area is 167 Å². The summed E-state index contributed by atoms with van der Waals surface area (Å²) in [6.45, 7) is 1.71. The van der Waals surface area contributed by atoms with Crippen molar-refractivity contribution in [1.29, 1.82) is 0 Å². The van der Waals surface area contributed by atoms with Gasteiger partial charge in [0.2, 0.25) is 0 Å². The Hall–Kier alpha value is -2.85. The van der Waals surface area contributed by atoms with Crippen LogP contribution in [-0.4, -0.2) is 49.4 Å². The number of morpholine rings is 1. The number of halogens is 3. The lowest BCUT2D eigenvalue weighted by Crippen LogP contribution is -2.40. The van der Waals surface area contributed by atoms with Gasteiger partial charge in [-0.1, -0.05) is 12.1 Å². The van der Waals surface area contributed by atoms with Crippen molar-refractivity contribution in [2.24, 2.45) is 0 Å². The van der Waals surface area contributed by atoms with Gasteiger partial charge in [-0.15, -0.1) is 24.5 Å². The van der Waals surface area contributed by atoms with E-state index in [0.29, 0.717) is 31.2 Å². The highest BCUT2D eigenvalue weighted by Gasteiger charge is 2.43. The lowest BCUT2D eigenvalue weighted by molar-refractivity contribution is -0.274. The number of amides is 2. The summed E-state index contributed by atoms with van der Waals surface area (Å²) in [6.07, 6.45) is -4.88. The van der Waals surface area contributed by atoms with Crippen LogP contribution in [0.15, 0.2) is 47.5 Å². The molecule has 1 aromatic heterocycles. The van der Waals surface area contributed by atoms with Crippen molar-refractivity contribution < 1.29 is 32.2 Å². The number of carbonyl (C=O) groups is 2. The zero-order valence-corrected chi connectivity index (χ0v) is 15.8. The van der Waals surface area contributed by atoms with E-state index in [9.17, 15) is 22.8 Å². The molecule has 2 aliphatic heterocycles. The first-order valence-electron chi connectivity index (χ1n) is 8.70. The fraction of sp³-hybridized carbons (Fsp3) is 0.263. The summed E-state index contributed by atoms with van der Waals surface area (Å²) >= 11 is 1.31. The number of hydrogen-bond donors (Lipinski definition) is 0. The zero-order chi connectivity index (χ0) is 20.6. The van der Waals surface area contributed by atoms with Gasteiger partial charge in [0.25, 0.3) is 11.8 Å². The minimum absolute atomic E-state index is 0.0130. The van der Waals surface area contributed by atoms with E-state index < -0.39 is 23.9 Å². The third-order valence-corrected chi connectivity index (χ3v) is 5.35. The van der Waals surface area contributed by atoms with E-state index in [1.165, 1.54) is 23.5 Å². The first-order chi connectivity index (χ1) is 13.8. The van der Waals surface area contributed by atoms with Crippen LogP contribution in [0.4, 0.5) is 18.9 Å². The number of carbonyl (C=O) groups excluding carboxylic acids is 2. The highest BCUT2D eigenvalue weighted by Crippen LogP contribution is 2.38. The average molecular weight is 424 g/mol. The fourth-order valence-electron chi connectivity index (χ4n) is 3.30. The second-order valence-electron chi connectivity index (χ2n) is 6.29. The molecule has 2 aliphatic rings. The van der Waals surface area contributed by atoms with Gasteiger partial charge in [0.05, 0.1) is 24.5 Å². The van der Waals surface area contributed by atoms with Gasteiger partial charge in [0.1, 0.15) is 11.4 Å². The highest BCUT2D eigenvalue weighted by atomic mass is 32.1. The van der Waals surface area contributed by atoms with Crippen molar-refractivity contribution in [3.05, 3.63) is 52.4 Å². The van der Waals surface area contributed by atoms with E-state index >= 15 is 0 Å². The van der Waals surface area contributed by atoms with Crippen LogP contribution in [0, 0.1) is 0 Å². The monoisotopic (exact) mass is 424 g/mol. The van der Waals surface area contributed by atoms with Crippen LogP contribution >= 0.6 is 11.3 Å². The van der Waals surface area contributed by atoms with Crippen molar-refractivity contribution in [2.45, 2.75) is 6.36 Å². The fourth-order valence-corrected chi connectivity index (χ4v) is 4.06. The molecule has 152 valence electrons. The van der Waals surface area contributed by atoms with E-state index in [1.807, 2.05) is 0 Å². The maximum absolute atomic E-state index is 13.2. The molecule has 6 nitrogen and oxygen atoms in total. The molecular formula is C19H15F3N2O4S. The summed E-state index contributed by atoms with van der Waals surface area (Å²) in [5, 5.41) is 1.79. The number of alkyl halides is 3. The van der Waals surface area contributed by atoms with Crippen molar-refractivity contribution in [2.75, 3.05) is 31.2 Å².